The van der Waals surface area contributed by atoms with Crippen molar-refractivity contribution in [3.8, 4) is 0 Å². The number of benzene rings is 2. The molecule has 0 aliphatic heterocycles. The molecule has 0 heterocycles. The molecule has 0 aromatic heterocycles. The third kappa shape index (κ3) is 5.90. The first-order valence-corrected chi connectivity index (χ1v) is 6.39. The van der Waals surface area contributed by atoms with E-state index in [1.807, 2.05) is 43.4 Å². The van der Waals surface area contributed by atoms with Crippen LogP contribution in [0.5, 0.6) is 0 Å². The van der Waals surface area contributed by atoms with Gasteiger partial charge in [-0.1, -0.05) is 60.7 Å². The van der Waals surface area contributed by atoms with Crippen LogP contribution in [0.15, 0.2) is 54.6 Å². The van der Waals surface area contributed by atoms with Crippen LogP contribution < -0.4 is 22.1 Å². The lowest BCUT2D eigenvalue weighted by atomic mass is 10.1. The summed E-state index contributed by atoms with van der Waals surface area (Å²) < 4.78 is 0. The summed E-state index contributed by atoms with van der Waals surface area (Å²) in [5.74, 6) is 10.2. The van der Waals surface area contributed by atoms with Gasteiger partial charge in [0.1, 0.15) is 0 Å². The van der Waals surface area contributed by atoms with Crippen LogP contribution in [0, 0.1) is 0 Å². The SMILES string of the molecule is CN(N)c1ccccc1/C=C/c1ccccc1.NNC=O. The van der Waals surface area contributed by atoms with Crippen LogP contribution in [0.1, 0.15) is 11.1 Å². The van der Waals surface area contributed by atoms with Crippen LogP contribution in [-0.4, -0.2) is 13.5 Å². The molecule has 0 aliphatic carbocycles. The van der Waals surface area contributed by atoms with Gasteiger partial charge in [-0.15, -0.1) is 0 Å². The Kier molecular flexibility index (Phi) is 7.28. The lowest BCUT2D eigenvalue weighted by Crippen LogP contribution is -2.25. The van der Waals surface area contributed by atoms with E-state index in [4.69, 9.17) is 10.6 Å². The van der Waals surface area contributed by atoms with Crippen LogP contribution in [0.4, 0.5) is 5.69 Å². The summed E-state index contributed by atoms with van der Waals surface area (Å²) in [6.07, 6.45) is 4.57. The highest BCUT2D eigenvalue weighted by molar-refractivity contribution is 5.76. The molecule has 0 aliphatic rings. The molecule has 0 unspecified atom stereocenters. The molecule has 0 bridgehead atoms. The van der Waals surface area contributed by atoms with Gasteiger partial charge in [-0.25, -0.2) is 11.7 Å². The van der Waals surface area contributed by atoms with Gasteiger partial charge >= 0.3 is 0 Å². The zero-order chi connectivity index (χ0) is 15.5. The second kappa shape index (κ2) is 9.30. The standard InChI is InChI=1S/C15H16N2.CH4N2O/c1-17(16)15-10-6-5-9-14(15)12-11-13-7-3-2-4-8-13;2-3-1-4/h2-12H,16H2,1H3;1H,2H2,(H,3,4)/b12-11+;. The van der Waals surface area contributed by atoms with Crippen molar-refractivity contribution in [2.24, 2.45) is 11.7 Å². The predicted octanol–water partition coefficient (Wildman–Crippen LogP) is 1.77. The number of rotatable bonds is 4. The first-order valence-electron chi connectivity index (χ1n) is 6.39. The number of hydrogen-bond donors (Lipinski definition) is 3. The minimum absolute atomic E-state index is 0.403. The molecule has 0 saturated carbocycles. The molecule has 21 heavy (non-hydrogen) atoms. The number of anilines is 1. The third-order valence-electron chi connectivity index (χ3n) is 2.64. The fourth-order valence-electron chi connectivity index (χ4n) is 1.70. The average Bonchev–Trinajstić information content (AvgIpc) is 2.54. The van der Waals surface area contributed by atoms with Crippen molar-refractivity contribution in [3.05, 3.63) is 65.7 Å². The van der Waals surface area contributed by atoms with Gasteiger partial charge in [0.15, 0.2) is 0 Å². The van der Waals surface area contributed by atoms with Gasteiger partial charge in [0.2, 0.25) is 6.41 Å². The van der Waals surface area contributed by atoms with Crippen LogP contribution in [0.2, 0.25) is 0 Å². The fraction of sp³-hybridized carbons (Fsp3) is 0.0625. The minimum atomic E-state index is 0.403. The Bertz CT molecular complexity index is 567. The Morgan fingerprint density at radius 2 is 1.57 bits per heavy atom. The molecule has 2 rings (SSSR count). The van der Waals surface area contributed by atoms with Crippen molar-refractivity contribution in [2.45, 2.75) is 0 Å². The maximum Gasteiger partial charge on any atom is 0.221 e. The number of nitrogens with zero attached hydrogens (tertiary/aromatic N) is 1. The molecule has 0 spiro atoms. The molecule has 0 atom stereocenters. The molecule has 0 saturated heterocycles. The number of carbonyl (C=O) groups is 1. The summed E-state index contributed by atoms with van der Waals surface area (Å²) in [6.45, 7) is 0. The first-order chi connectivity index (χ1) is 10.2. The number of nitrogens with one attached hydrogen (secondary N) is 1. The van der Waals surface area contributed by atoms with Crippen LogP contribution >= 0.6 is 0 Å². The highest BCUT2D eigenvalue weighted by Gasteiger charge is 1.99. The van der Waals surface area contributed by atoms with E-state index in [1.165, 1.54) is 5.56 Å². The van der Waals surface area contributed by atoms with Gasteiger partial charge < -0.3 is 5.01 Å². The monoisotopic (exact) mass is 284 g/mol. The van der Waals surface area contributed by atoms with E-state index < -0.39 is 0 Å². The topological polar surface area (TPSA) is 84.4 Å². The first kappa shape index (κ1) is 16.4. The Morgan fingerprint density at radius 1 is 1.00 bits per heavy atom. The molecular weight excluding hydrogens is 264 g/mol. The molecule has 2 aromatic rings. The molecule has 110 valence electrons. The van der Waals surface area contributed by atoms with Crippen molar-refractivity contribution in [1.82, 2.24) is 5.43 Å². The lowest BCUT2D eigenvalue weighted by molar-refractivity contribution is -0.109. The molecule has 0 fully saturated rings. The van der Waals surface area contributed by atoms with Gasteiger partial charge in [0.25, 0.3) is 0 Å². The van der Waals surface area contributed by atoms with E-state index in [1.54, 1.807) is 10.4 Å². The van der Waals surface area contributed by atoms with Crippen LogP contribution in [-0.2, 0) is 4.79 Å². The molecular formula is C16H20N4O. The van der Waals surface area contributed by atoms with E-state index >= 15 is 0 Å². The van der Waals surface area contributed by atoms with Crippen LogP contribution in [0.25, 0.3) is 12.2 Å². The van der Waals surface area contributed by atoms with Crippen molar-refractivity contribution >= 4 is 24.2 Å². The van der Waals surface area contributed by atoms with E-state index in [0.717, 1.165) is 11.3 Å². The summed E-state index contributed by atoms with van der Waals surface area (Å²) >= 11 is 0. The summed E-state index contributed by atoms with van der Waals surface area (Å²) in [5, 5.41) is 1.63. The van der Waals surface area contributed by atoms with Gasteiger partial charge in [0.05, 0.1) is 5.69 Å². The zero-order valence-electron chi connectivity index (χ0n) is 11.9. The summed E-state index contributed by atoms with van der Waals surface area (Å²) in [7, 11) is 1.84. The molecule has 1 amide bonds. The van der Waals surface area contributed by atoms with E-state index in [0.29, 0.717) is 6.41 Å². The Morgan fingerprint density at radius 3 is 2.14 bits per heavy atom. The quantitative estimate of drug-likeness (QED) is 0.263. The fourth-order valence-corrected chi connectivity index (χ4v) is 1.70. The summed E-state index contributed by atoms with van der Waals surface area (Å²) in [5.41, 5.74) is 5.06. The molecule has 5 heteroatoms. The number of hydrogen-bond acceptors (Lipinski definition) is 4. The summed E-state index contributed by atoms with van der Waals surface area (Å²) in [4.78, 5) is 8.94. The highest BCUT2D eigenvalue weighted by atomic mass is 16.1. The van der Waals surface area contributed by atoms with Gasteiger partial charge in [0, 0.05) is 7.05 Å². The summed E-state index contributed by atoms with van der Waals surface area (Å²) in [6, 6.07) is 18.3. The Hall–Kier alpha value is -2.63. The number of nitrogens with two attached hydrogens (primary N) is 2. The maximum atomic E-state index is 8.94. The van der Waals surface area contributed by atoms with Crippen molar-refractivity contribution < 1.29 is 4.79 Å². The zero-order valence-corrected chi connectivity index (χ0v) is 11.9. The molecule has 5 nitrogen and oxygen atoms in total. The van der Waals surface area contributed by atoms with Crippen LogP contribution in [0.3, 0.4) is 0 Å². The van der Waals surface area contributed by atoms with Gasteiger partial charge in [-0.3, -0.25) is 10.2 Å². The number of amides is 1. The third-order valence-corrected chi connectivity index (χ3v) is 2.64. The van der Waals surface area contributed by atoms with E-state index in [2.05, 4.69) is 36.2 Å². The second-order valence-corrected chi connectivity index (χ2v) is 4.20. The Balaban J connectivity index is 0.000000491. The van der Waals surface area contributed by atoms with Gasteiger partial charge in [-0.2, -0.15) is 0 Å². The van der Waals surface area contributed by atoms with E-state index in [9.17, 15) is 0 Å². The lowest BCUT2D eigenvalue weighted by Gasteiger charge is -2.14. The number of para-hydroxylation sites is 1. The second-order valence-electron chi connectivity index (χ2n) is 4.20. The molecule has 5 N–H and O–H groups in total. The minimum Gasteiger partial charge on any atom is -0.314 e. The maximum absolute atomic E-state index is 8.94. The average molecular weight is 284 g/mol. The van der Waals surface area contributed by atoms with Crippen molar-refractivity contribution in [1.29, 1.82) is 0 Å². The Labute approximate surface area is 124 Å². The molecule has 0 radical (unpaired) electrons. The van der Waals surface area contributed by atoms with Crippen molar-refractivity contribution in [3.63, 3.8) is 0 Å². The molecule has 2 aromatic carbocycles. The predicted molar refractivity (Wildman–Crippen MR) is 87.8 cm³/mol. The normalized spacial score (nSPS) is 9.67. The smallest absolute Gasteiger partial charge is 0.221 e. The van der Waals surface area contributed by atoms with Crippen molar-refractivity contribution in [2.75, 3.05) is 12.1 Å². The van der Waals surface area contributed by atoms with Gasteiger partial charge in [-0.05, 0) is 17.2 Å². The highest BCUT2D eigenvalue weighted by Crippen LogP contribution is 2.19. The number of carbonyl (C=O) groups excluding carboxylic acids is 1. The largest absolute Gasteiger partial charge is 0.314 e. The van der Waals surface area contributed by atoms with E-state index in [-0.39, 0.29) is 0 Å². The number of hydrazine groups is 2.